The van der Waals surface area contributed by atoms with E-state index in [4.69, 9.17) is 15.0 Å². The Morgan fingerprint density at radius 1 is 1.33 bits per heavy atom. The smallest absolute Gasteiger partial charge is 0.102 e. The summed E-state index contributed by atoms with van der Waals surface area (Å²) in [5.74, 6) is 0. The highest BCUT2D eigenvalue weighted by atomic mass is 16.5. The zero-order valence-electron chi connectivity index (χ0n) is 12.5. The van der Waals surface area contributed by atoms with E-state index in [-0.39, 0.29) is 18.8 Å². The van der Waals surface area contributed by atoms with E-state index < -0.39 is 0 Å². The van der Waals surface area contributed by atoms with Crippen molar-refractivity contribution >= 4 is 0 Å². The van der Waals surface area contributed by atoms with E-state index in [2.05, 4.69) is 23.5 Å². The first kappa shape index (κ1) is 17.2. The average molecular weight is 289 g/mol. The molecule has 0 aliphatic rings. The molecule has 0 bridgehead atoms. The maximum atomic E-state index is 8.49. The predicted octanol–water partition coefficient (Wildman–Crippen LogP) is 4.25. The summed E-state index contributed by atoms with van der Waals surface area (Å²) in [5, 5.41) is 3.60. The fourth-order valence-corrected chi connectivity index (χ4v) is 1.84. The number of hydrogen-bond donors (Lipinski definition) is 0. The second-order valence-electron chi connectivity index (χ2n) is 4.67. The molecule has 1 aromatic carbocycles. The minimum absolute atomic E-state index is 0.242. The predicted molar refractivity (Wildman–Crippen MR) is 83.9 cm³/mol. The molecule has 0 N–H and O–H groups in total. The number of unbranched alkanes of at least 4 members (excludes halogenated alkanes) is 1. The minimum Gasteiger partial charge on any atom is -0.375 e. The zero-order valence-corrected chi connectivity index (χ0v) is 12.5. The molecule has 0 aromatic heterocycles. The lowest BCUT2D eigenvalue weighted by atomic mass is 10.2. The van der Waals surface area contributed by atoms with E-state index in [1.807, 2.05) is 30.3 Å². The van der Waals surface area contributed by atoms with Gasteiger partial charge in [0.1, 0.15) is 6.10 Å². The van der Waals surface area contributed by atoms with Crippen molar-refractivity contribution in [1.29, 1.82) is 0 Å². The second kappa shape index (κ2) is 10.9. The summed E-state index contributed by atoms with van der Waals surface area (Å²) in [7, 11) is 0. The summed E-state index contributed by atoms with van der Waals surface area (Å²) in [5.41, 5.74) is 9.57. The largest absolute Gasteiger partial charge is 0.375 e. The molecule has 0 unspecified atom stereocenters. The van der Waals surface area contributed by atoms with Crippen LogP contribution in [-0.4, -0.2) is 25.4 Å². The highest BCUT2D eigenvalue weighted by molar-refractivity contribution is 5.13. The molecule has 0 aliphatic carbocycles. The lowest BCUT2D eigenvalue weighted by molar-refractivity contribution is -0.0537. The summed E-state index contributed by atoms with van der Waals surface area (Å²) in [4.78, 5) is 2.79. The summed E-state index contributed by atoms with van der Waals surface area (Å²) in [6.07, 6.45) is 3.13. The van der Waals surface area contributed by atoms with Crippen LogP contribution in [0.4, 0.5) is 0 Å². The first-order valence-corrected chi connectivity index (χ1v) is 7.22. The van der Waals surface area contributed by atoms with Gasteiger partial charge in [-0.2, -0.15) is 0 Å². The molecule has 0 spiro atoms. The molecule has 0 fully saturated rings. The number of hydrogen-bond acceptors (Lipinski definition) is 3. The third kappa shape index (κ3) is 6.95. The Morgan fingerprint density at radius 3 is 2.71 bits per heavy atom. The van der Waals surface area contributed by atoms with Gasteiger partial charge in [-0.15, -0.1) is 6.58 Å². The van der Waals surface area contributed by atoms with Crippen molar-refractivity contribution in [1.82, 2.24) is 0 Å². The van der Waals surface area contributed by atoms with Crippen molar-refractivity contribution in [3.8, 4) is 0 Å². The van der Waals surface area contributed by atoms with Gasteiger partial charge >= 0.3 is 0 Å². The number of ether oxygens (including phenoxy) is 2. The van der Waals surface area contributed by atoms with Crippen molar-refractivity contribution in [3.63, 3.8) is 0 Å². The molecule has 1 aromatic rings. The Kier molecular flexibility index (Phi) is 8.96. The molecule has 0 saturated heterocycles. The Morgan fingerprint density at radius 2 is 2.10 bits per heavy atom. The molecule has 0 radical (unpaired) electrons. The van der Waals surface area contributed by atoms with Crippen LogP contribution in [0.2, 0.25) is 0 Å². The second-order valence-corrected chi connectivity index (χ2v) is 4.67. The Bertz CT molecular complexity index is 444. The average Bonchev–Trinajstić information content (AvgIpc) is 2.53. The first-order valence-electron chi connectivity index (χ1n) is 7.22. The Hall–Kier alpha value is -1.81. The van der Waals surface area contributed by atoms with E-state index >= 15 is 0 Å². The lowest BCUT2D eigenvalue weighted by Crippen LogP contribution is -2.33. The normalized spacial score (nSPS) is 13.2. The van der Waals surface area contributed by atoms with Crippen LogP contribution in [0.1, 0.15) is 25.3 Å². The topological polar surface area (TPSA) is 67.2 Å². The lowest BCUT2D eigenvalue weighted by Gasteiger charge is -2.24. The Balaban J connectivity index is 2.57. The van der Waals surface area contributed by atoms with Crippen LogP contribution in [0.15, 0.2) is 48.1 Å². The summed E-state index contributed by atoms with van der Waals surface area (Å²) < 4.78 is 11.6. The van der Waals surface area contributed by atoms with Gasteiger partial charge in [0.15, 0.2) is 0 Å². The van der Waals surface area contributed by atoms with Crippen LogP contribution in [-0.2, 0) is 16.1 Å². The van der Waals surface area contributed by atoms with Crippen LogP contribution in [0, 0.1) is 0 Å². The van der Waals surface area contributed by atoms with Crippen molar-refractivity contribution in [3.05, 3.63) is 59.0 Å². The van der Waals surface area contributed by atoms with Crippen LogP contribution in [0.25, 0.3) is 10.4 Å². The van der Waals surface area contributed by atoms with E-state index in [1.54, 1.807) is 6.08 Å². The number of rotatable bonds is 11. The molecule has 0 amide bonds. The highest BCUT2D eigenvalue weighted by Crippen LogP contribution is 2.11. The van der Waals surface area contributed by atoms with Gasteiger partial charge in [0.25, 0.3) is 0 Å². The third-order valence-corrected chi connectivity index (χ3v) is 3.04. The fraction of sp³-hybridized carbons (Fsp3) is 0.500. The van der Waals surface area contributed by atoms with E-state index in [0.717, 1.165) is 18.4 Å². The molecule has 2 atom stereocenters. The number of nitrogens with zero attached hydrogens (tertiary/aromatic N) is 3. The molecule has 0 saturated carbocycles. The van der Waals surface area contributed by atoms with Crippen molar-refractivity contribution < 1.29 is 9.47 Å². The van der Waals surface area contributed by atoms with Gasteiger partial charge in [-0.05, 0) is 17.5 Å². The van der Waals surface area contributed by atoms with Crippen LogP contribution < -0.4 is 0 Å². The standard InChI is InChI=1S/C16H23N3O2/c1-3-5-11-20-16(12-18-19-17)15(4-2)21-13-14-9-7-6-8-10-14/h4,6-10,15-16H,2-3,5,11-13H2,1H3/t15-,16+/m1/s1. The molecular weight excluding hydrogens is 266 g/mol. The monoisotopic (exact) mass is 289 g/mol. The van der Waals surface area contributed by atoms with Crippen molar-refractivity contribution in [2.45, 2.75) is 38.6 Å². The van der Waals surface area contributed by atoms with Gasteiger partial charge in [-0.3, -0.25) is 0 Å². The van der Waals surface area contributed by atoms with Gasteiger partial charge in [-0.1, -0.05) is 54.9 Å². The molecule has 0 aliphatic heterocycles. The quantitative estimate of drug-likeness (QED) is 0.201. The Labute approximate surface area is 126 Å². The van der Waals surface area contributed by atoms with Gasteiger partial charge < -0.3 is 9.47 Å². The van der Waals surface area contributed by atoms with Crippen LogP contribution >= 0.6 is 0 Å². The van der Waals surface area contributed by atoms with Crippen molar-refractivity contribution in [2.75, 3.05) is 13.2 Å². The molecule has 5 heteroatoms. The number of benzene rings is 1. The fourth-order valence-electron chi connectivity index (χ4n) is 1.84. The van der Waals surface area contributed by atoms with E-state index in [0.29, 0.717) is 13.2 Å². The minimum atomic E-state index is -0.299. The van der Waals surface area contributed by atoms with Crippen LogP contribution in [0.3, 0.4) is 0 Å². The molecular formula is C16H23N3O2. The van der Waals surface area contributed by atoms with Crippen molar-refractivity contribution in [2.24, 2.45) is 5.11 Å². The number of azide groups is 1. The summed E-state index contributed by atoms with van der Waals surface area (Å²) >= 11 is 0. The molecule has 1 rings (SSSR count). The summed E-state index contributed by atoms with van der Waals surface area (Å²) in [6.45, 7) is 7.23. The van der Waals surface area contributed by atoms with Crippen LogP contribution in [0.5, 0.6) is 0 Å². The zero-order chi connectivity index (χ0) is 15.3. The van der Waals surface area contributed by atoms with Gasteiger partial charge in [-0.25, -0.2) is 0 Å². The van der Waals surface area contributed by atoms with Gasteiger partial charge in [0, 0.05) is 11.5 Å². The molecule has 21 heavy (non-hydrogen) atoms. The van der Waals surface area contributed by atoms with E-state index in [1.165, 1.54) is 0 Å². The maximum Gasteiger partial charge on any atom is 0.102 e. The third-order valence-electron chi connectivity index (χ3n) is 3.04. The van der Waals surface area contributed by atoms with Gasteiger partial charge in [0.05, 0.1) is 19.3 Å². The first-order chi connectivity index (χ1) is 10.3. The molecule has 0 heterocycles. The summed E-state index contributed by atoms with van der Waals surface area (Å²) in [6, 6.07) is 9.90. The maximum absolute atomic E-state index is 8.49. The molecule has 5 nitrogen and oxygen atoms in total. The molecule has 114 valence electrons. The van der Waals surface area contributed by atoms with E-state index in [9.17, 15) is 0 Å². The SMILES string of the molecule is C=C[C@@H](OCc1ccccc1)[C@H](CN=[N+]=[N-])OCCCC. The van der Waals surface area contributed by atoms with Gasteiger partial charge in [0.2, 0.25) is 0 Å². The highest BCUT2D eigenvalue weighted by Gasteiger charge is 2.19.